The van der Waals surface area contributed by atoms with Gasteiger partial charge in [0, 0.05) is 11.5 Å². The van der Waals surface area contributed by atoms with Crippen LogP contribution in [-0.4, -0.2) is 40.0 Å². The van der Waals surface area contributed by atoms with Crippen molar-refractivity contribution in [2.24, 2.45) is 56.7 Å². The van der Waals surface area contributed by atoms with Crippen LogP contribution in [0, 0.1) is 56.7 Å². The van der Waals surface area contributed by atoms with Crippen LogP contribution >= 0.6 is 0 Å². The van der Waals surface area contributed by atoms with Crippen LogP contribution in [0.15, 0.2) is 42.0 Å². The molecule has 4 fully saturated rings. The standard InChI is InChI=1S/C40H56O6/c1-25-15-20-39(35(44)45)21-22-40(23-24-46-33(43)14-9-27-7-10-28(41)11-8-27)29(34(39)26(25)2)12-13-31-37(5)18-17-32(42)36(3,4)30(37)16-19-38(31,40)6/h7-12,14,25-26,30-32,34,41-42H,13,15-24H2,1-6H3,(H,44,45). The first-order chi connectivity index (χ1) is 21.6. The molecule has 5 aliphatic rings. The number of aromatic hydroxyl groups is 1. The fraction of sp³-hybridized carbons (Fsp3) is 0.700. The molecule has 6 rings (SSSR count). The number of fused-ring (bicyclic) bond motifs is 7. The van der Waals surface area contributed by atoms with Crippen LogP contribution in [0.2, 0.25) is 0 Å². The van der Waals surface area contributed by atoms with Gasteiger partial charge in [0.25, 0.3) is 0 Å². The van der Waals surface area contributed by atoms with E-state index in [1.807, 2.05) is 0 Å². The quantitative estimate of drug-likeness (QED) is 0.165. The van der Waals surface area contributed by atoms with E-state index in [0.717, 1.165) is 56.9 Å². The van der Waals surface area contributed by atoms with Crippen LogP contribution in [0.1, 0.15) is 111 Å². The topological polar surface area (TPSA) is 104 Å². The highest BCUT2D eigenvalue weighted by Crippen LogP contribution is 2.76. The Morgan fingerprint density at radius 1 is 0.935 bits per heavy atom. The number of aliphatic carboxylic acids is 1. The molecular formula is C40H56O6. The predicted molar refractivity (Wildman–Crippen MR) is 180 cm³/mol. The number of hydrogen-bond acceptors (Lipinski definition) is 5. The van der Waals surface area contributed by atoms with Crippen molar-refractivity contribution in [1.29, 1.82) is 0 Å². The van der Waals surface area contributed by atoms with Gasteiger partial charge in [-0.3, -0.25) is 4.79 Å². The number of esters is 1. The zero-order valence-electron chi connectivity index (χ0n) is 28.9. The van der Waals surface area contributed by atoms with Crippen molar-refractivity contribution >= 4 is 18.0 Å². The Bertz CT molecular complexity index is 1410. The monoisotopic (exact) mass is 632 g/mol. The molecule has 4 saturated carbocycles. The van der Waals surface area contributed by atoms with Gasteiger partial charge in [0.2, 0.25) is 0 Å². The fourth-order valence-corrected chi connectivity index (χ4v) is 12.3. The number of benzene rings is 1. The number of carbonyl (C=O) groups is 2. The second kappa shape index (κ2) is 11.5. The maximum Gasteiger partial charge on any atom is 0.330 e. The Kier molecular flexibility index (Phi) is 8.35. The molecule has 0 bridgehead atoms. The van der Waals surface area contributed by atoms with E-state index in [1.165, 1.54) is 11.6 Å². The largest absolute Gasteiger partial charge is 0.508 e. The molecule has 1 aromatic rings. The predicted octanol–water partition coefficient (Wildman–Crippen LogP) is 8.42. The molecule has 0 radical (unpaired) electrons. The molecule has 0 saturated heterocycles. The number of carboxylic acid groups (broad SMARTS) is 1. The molecule has 6 heteroatoms. The molecule has 10 unspecified atom stereocenters. The smallest absolute Gasteiger partial charge is 0.330 e. The zero-order chi connectivity index (χ0) is 33.3. The summed E-state index contributed by atoms with van der Waals surface area (Å²) in [7, 11) is 0. The lowest BCUT2D eigenvalue weighted by Crippen LogP contribution is -2.66. The number of carbonyl (C=O) groups excluding carboxylic acids is 1. The van der Waals surface area contributed by atoms with Crippen LogP contribution in [0.25, 0.3) is 6.08 Å². The van der Waals surface area contributed by atoms with E-state index in [9.17, 15) is 24.9 Å². The second-order valence-electron chi connectivity index (χ2n) is 17.1. The van der Waals surface area contributed by atoms with Gasteiger partial charge in [-0.1, -0.05) is 65.3 Å². The second-order valence-corrected chi connectivity index (χ2v) is 17.1. The number of carboxylic acids is 1. The van der Waals surface area contributed by atoms with E-state index < -0.39 is 11.4 Å². The summed E-state index contributed by atoms with van der Waals surface area (Å²) in [5.74, 6) is 0.697. The van der Waals surface area contributed by atoms with Crippen molar-refractivity contribution in [2.75, 3.05) is 6.61 Å². The van der Waals surface area contributed by atoms with Crippen LogP contribution in [0.5, 0.6) is 5.75 Å². The summed E-state index contributed by atoms with van der Waals surface area (Å²) in [5, 5.41) is 31.5. The number of aliphatic hydroxyl groups is 1. The molecule has 0 spiro atoms. The van der Waals surface area contributed by atoms with E-state index in [-0.39, 0.29) is 51.3 Å². The lowest BCUT2D eigenvalue weighted by atomic mass is 9.32. The average Bonchev–Trinajstić information content (AvgIpc) is 3.00. The van der Waals surface area contributed by atoms with Gasteiger partial charge in [-0.15, -0.1) is 0 Å². The van der Waals surface area contributed by atoms with Gasteiger partial charge in [0.05, 0.1) is 18.1 Å². The van der Waals surface area contributed by atoms with Gasteiger partial charge >= 0.3 is 11.9 Å². The zero-order valence-corrected chi connectivity index (χ0v) is 28.9. The summed E-state index contributed by atoms with van der Waals surface area (Å²) >= 11 is 0. The Hall–Kier alpha value is -2.60. The summed E-state index contributed by atoms with van der Waals surface area (Å²) in [6.07, 6.45) is 14.1. The minimum Gasteiger partial charge on any atom is -0.508 e. The highest BCUT2D eigenvalue weighted by molar-refractivity contribution is 5.87. The number of phenols is 1. The third-order valence-electron chi connectivity index (χ3n) is 15.1. The lowest BCUT2D eigenvalue weighted by molar-refractivity contribution is -0.212. The third-order valence-corrected chi connectivity index (χ3v) is 15.1. The van der Waals surface area contributed by atoms with Crippen molar-refractivity contribution in [3.8, 4) is 5.75 Å². The first-order valence-corrected chi connectivity index (χ1v) is 17.9. The highest BCUT2D eigenvalue weighted by Gasteiger charge is 2.70. The molecule has 3 N–H and O–H groups in total. The van der Waals surface area contributed by atoms with Crippen molar-refractivity contribution in [2.45, 2.75) is 112 Å². The van der Waals surface area contributed by atoms with E-state index in [4.69, 9.17) is 4.74 Å². The number of aliphatic hydroxyl groups excluding tert-OH is 1. The van der Waals surface area contributed by atoms with E-state index in [0.29, 0.717) is 37.2 Å². The van der Waals surface area contributed by atoms with Gasteiger partial charge in [-0.25, -0.2) is 4.79 Å². The summed E-state index contributed by atoms with van der Waals surface area (Å²) in [4.78, 5) is 26.2. The van der Waals surface area contributed by atoms with Gasteiger partial charge in [-0.2, -0.15) is 0 Å². The number of allylic oxidation sites excluding steroid dienone is 2. The van der Waals surface area contributed by atoms with Crippen molar-refractivity contribution < 1.29 is 29.6 Å². The maximum absolute atomic E-state index is 13.2. The van der Waals surface area contributed by atoms with E-state index >= 15 is 0 Å². The van der Waals surface area contributed by atoms with Crippen molar-refractivity contribution in [3.05, 3.63) is 47.6 Å². The number of hydrogen-bond donors (Lipinski definition) is 3. The summed E-state index contributed by atoms with van der Waals surface area (Å²) in [6.45, 7) is 14.4. The van der Waals surface area contributed by atoms with Crippen LogP contribution in [-0.2, 0) is 14.3 Å². The number of ether oxygens (including phenoxy) is 1. The summed E-state index contributed by atoms with van der Waals surface area (Å²) < 4.78 is 5.94. The first kappa shape index (κ1) is 33.3. The van der Waals surface area contributed by atoms with Gasteiger partial charge in [-0.05, 0) is 134 Å². The molecule has 46 heavy (non-hydrogen) atoms. The Morgan fingerprint density at radius 2 is 1.65 bits per heavy atom. The SMILES string of the molecule is CC1CCC2(C(=O)O)CCC3(CCOC(=O)C=Cc4ccc(O)cc4)C(=CCC4C5(C)CCC(O)C(C)(C)C5CCC43C)C2C1C. The van der Waals surface area contributed by atoms with E-state index in [2.05, 4.69) is 47.6 Å². The molecule has 0 heterocycles. The molecule has 252 valence electrons. The molecule has 5 aliphatic carbocycles. The Labute approximate surface area is 275 Å². The first-order valence-electron chi connectivity index (χ1n) is 17.9. The normalized spacial score (nSPS) is 43.0. The molecule has 0 aromatic heterocycles. The van der Waals surface area contributed by atoms with Crippen LogP contribution in [0.3, 0.4) is 0 Å². The molecule has 1 aromatic carbocycles. The van der Waals surface area contributed by atoms with Crippen molar-refractivity contribution in [3.63, 3.8) is 0 Å². The third kappa shape index (κ3) is 4.82. The average molecular weight is 633 g/mol. The lowest BCUT2D eigenvalue weighted by Gasteiger charge is -2.72. The molecule has 10 atom stereocenters. The van der Waals surface area contributed by atoms with E-state index in [1.54, 1.807) is 30.3 Å². The fourth-order valence-electron chi connectivity index (χ4n) is 12.3. The minimum absolute atomic E-state index is 0.0134. The minimum atomic E-state index is -0.730. The van der Waals surface area contributed by atoms with Crippen molar-refractivity contribution in [1.82, 2.24) is 0 Å². The molecule has 0 amide bonds. The number of rotatable bonds is 6. The van der Waals surface area contributed by atoms with Gasteiger partial charge < -0.3 is 20.1 Å². The summed E-state index contributed by atoms with van der Waals surface area (Å²) in [6, 6.07) is 6.69. The highest BCUT2D eigenvalue weighted by atomic mass is 16.5. The van der Waals surface area contributed by atoms with Crippen LogP contribution in [0.4, 0.5) is 0 Å². The number of phenolic OH excluding ortho intramolecular Hbond substituents is 1. The Morgan fingerprint density at radius 3 is 2.35 bits per heavy atom. The van der Waals surface area contributed by atoms with Gasteiger partial charge in [0.15, 0.2) is 0 Å². The molecule has 0 aliphatic heterocycles. The molecular weight excluding hydrogens is 576 g/mol. The maximum atomic E-state index is 13.2. The van der Waals surface area contributed by atoms with Gasteiger partial charge in [0.1, 0.15) is 5.75 Å². The Balaban J connectivity index is 1.37. The molecule has 6 nitrogen and oxygen atoms in total. The summed E-state index contributed by atoms with van der Waals surface area (Å²) in [5.41, 5.74) is 1.03. The van der Waals surface area contributed by atoms with Crippen LogP contribution < -0.4 is 0 Å².